The van der Waals surface area contributed by atoms with Gasteiger partial charge >= 0.3 is 12.1 Å². The maximum atomic E-state index is 13.1. The molecule has 1 aromatic heterocycles. The van der Waals surface area contributed by atoms with Crippen molar-refractivity contribution in [2.24, 2.45) is 5.92 Å². The Bertz CT molecular complexity index is 1150. The molecule has 0 bridgehead atoms. The molecule has 4 rings (SSSR count). The van der Waals surface area contributed by atoms with E-state index in [2.05, 4.69) is 4.98 Å². The predicted molar refractivity (Wildman–Crippen MR) is 106 cm³/mol. The molecule has 1 atom stereocenters. The highest BCUT2D eigenvalue weighted by Gasteiger charge is 2.31. The number of rotatable bonds is 2. The molecular formula is C23H18F3NO2. The lowest BCUT2D eigenvalue weighted by molar-refractivity contribution is -0.137. The first-order chi connectivity index (χ1) is 13.7. The van der Waals surface area contributed by atoms with E-state index >= 15 is 0 Å². The first kappa shape index (κ1) is 19.2. The maximum Gasteiger partial charge on any atom is 0.416 e. The van der Waals surface area contributed by atoms with E-state index in [0.29, 0.717) is 40.6 Å². The summed E-state index contributed by atoms with van der Waals surface area (Å²) in [6, 6.07) is 12.2. The summed E-state index contributed by atoms with van der Waals surface area (Å²) in [4.78, 5) is 16.7. The van der Waals surface area contributed by atoms with Crippen LogP contribution in [0.15, 0.2) is 48.5 Å². The number of carboxylic acid groups (broad SMARTS) is 1. The molecule has 29 heavy (non-hydrogen) atoms. The summed E-state index contributed by atoms with van der Waals surface area (Å²) >= 11 is 0. The van der Waals surface area contributed by atoms with Crippen molar-refractivity contribution in [2.75, 3.05) is 0 Å². The van der Waals surface area contributed by atoms with Crippen molar-refractivity contribution in [1.29, 1.82) is 0 Å². The Kier molecular flexibility index (Phi) is 4.65. The quantitative estimate of drug-likeness (QED) is 0.571. The second-order valence-electron chi connectivity index (χ2n) is 7.44. The molecule has 0 aliphatic heterocycles. The average molecular weight is 397 g/mol. The van der Waals surface area contributed by atoms with Gasteiger partial charge in [-0.15, -0.1) is 0 Å². The number of aromatic carboxylic acids is 1. The Morgan fingerprint density at radius 1 is 1.14 bits per heavy atom. The third kappa shape index (κ3) is 3.62. The molecule has 1 aliphatic rings. The topological polar surface area (TPSA) is 50.2 Å². The number of pyridine rings is 1. The number of alkyl halides is 3. The van der Waals surface area contributed by atoms with E-state index < -0.39 is 17.7 Å². The number of halogens is 3. The monoisotopic (exact) mass is 397 g/mol. The van der Waals surface area contributed by atoms with E-state index in [1.807, 2.05) is 6.92 Å². The van der Waals surface area contributed by atoms with Crippen molar-refractivity contribution in [2.45, 2.75) is 25.9 Å². The van der Waals surface area contributed by atoms with Crippen molar-refractivity contribution in [3.05, 3.63) is 76.5 Å². The van der Waals surface area contributed by atoms with Crippen LogP contribution in [0.3, 0.4) is 0 Å². The van der Waals surface area contributed by atoms with Crippen molar-refractivity contribution < 1.29 is 23.1 Å². The Morgan fingerprint density at radius 2 is 1.90 bits per heavy atom. The van der Waals surface area contributed by atoms with Gasteiger partial charge in [-0.1, -0.05) is 37.3 Å². The number of carbonyl (C=O) groups is 1. The summed E-state index contributed by atoms with van der Waals surface area (Å²) < 4.78 is 39.2. The molecule has 6 heteroatoms. The molecule has 3 aromatic rings. The van der Waals surface area contributed by atoms with Crippen LogP contribution in [0.2, 0.25) is 0 Å². The van der Waals surface area contributed by atoms with E-state index in [-0.39, 0.29) is 11.5 Å². The Hall–Kier alpha value is -3.15. The number of para-hydroxylation sites is 1. The van der Waals surface area contributed by atoms with E-state index in [1.165, 1.54) is 6.07 Å². The molecule has 1 N–H and O–H groups in total. The molecule has 0 saturated carbocycles. The predicted octanol–water partition coefficient (Wildman–Crippen LogP) is 6.07. The van der Waals surface area contributed by atoms with Crippen LogP contribution >= 0.6 is 0 Å². The highest BCUT2D eigenvalue weighted by molar-refractivity contribution is 6.05. The van der Waals surface area contributed by atoms with Crippen molar-refractivity contribution >= 4 is 28.5 Å². The van der Waals surface area contributed by atoms with Crippen LogP contribution in [0, 0.1) is 5.92 Å². The average Bonchev–Trinajstić information content (AvgIpc) is 2.65. The smallest absolute Gasteiger partial charge is 0.416 e. The number of hydrogen-bond acceptors (Lipinski definition) is 2. The summed E-state index contributed by atoms with van der Waals surface area (Å²) in [5.41, 5.74) is 2.46. The van der Waals surface area contributed by atoms with E-state index in [1.54, 1.807) is 36.4 Å². The molecule has 0 fully saturated rings. The van der Waals surface area contributed by atoms with Gasteiger partial charge in [0.2, 0.25) is 0 Å². The standard InChI is InChI=1S/C23H18F3NO2/c1-13-9-15(11-14-5-4-6-16(12-14)23(24,25)26)21-18(10-13)20(22(28)29)17-7-2-3-8-19(17)27-21/h2-8,11-13H,9-10H2,1H3,(H,28,29)/b15-11+. The van der Waals surface area contributed by atoms with Gasteiger partial charge < -0.3 is 5.11 Å². The molecular weight excluding hydrogens is 379 g/mol. The fraction of sp³-hybridized carbons (Fsp3) is 0.217. The summed E-state index contributed by atoms with van der Waals surface area (Å²) in [6.45, 7) is 2.00. The second-order valence-corrected chi connectivity index (χ2v) is 7.44. The van der Waals surface area contributed by atoms with Gasteiger partial charge in [-0.05, 0) is 59.7 Å². The van der Waals surface area contributed by atoms with Gasteiger partial charge in [0.15, 0.2) is 0 Å². The van der Waals surface area contributed by atoms with Crippen LogP contribution in [0.4, 0.5) is 13.2 Å². The molecule has 2 aromatic carbocycles. The van der Waals surface area contributed by atoms with Gasteiger partial charge in [-0.25, -0.2) is 9.78 Å². The van der Waals surface area contributed by atoms with Gasteiger partial charge in [0.1, 0.15) is 0 Å². The van der Waals surface area contributed by atoms with Gasteiger partial charge in [-0.3, -0.25) is 0 Å². The second kappa shape index (κ2) is 7.03. The molecule has 0 spiro atoms. The van der Waals surface area contributed by atoms with Crippen LogP contribution in [0.25, 0.3) is 22.6 Å². The third-order valence-corrected chi connectivity index (χ3v) is 5.19. The first-order valence-corrected chi connectivity index (χ1v) is 9.27. The summed E-state index contributed by atoms with van der Waals surface area (Å²) in [5.74, 6) is -0.868. The van der Waals surface area contributed by atoms with E-state index in [9.17, 15) is 23.1 Å². The lowest BCUT2D eigenvalue weighted by atomic mass is 9.80. The first-order valence-electron chi connectivity index (χ1n) is 9.27. The molecule has 3 nitrogen and oxygen atoms in total. The molecule has 148 valence electrons. The maximum absolute atomic E-state index is 13.1. The molecule has 0 amide bonds. The number of hydrogen-bond donors (Lipinski definition) is 1. The van der Waals surface area contributed by atoms with E-state index in [0.717, 1.165) is 17.7 Å². The van der Waals surface area contributed by atoms with E-state index in [4.69, 9.17) is 0 Å². The van der Waals surface area contributed by atoms with Gasteiger partial charge in [0.05, 0.1) is 22.3 Å². The van der Waals surface area contributed by atoms with Crippen LogP contribution < -0.4 is 0 Å². The van der Waals surface area contributed by atoms with Gasteiger partial charge in [0, 0.05) is 5.39 Å². The van der Waals surface area contributed by atoms with Crippen LogP contribution in [-0.4, -0.2) is 16.1 Å². The van der Waals surface area contributed by atoms with Crippen LogP contribution in [-0.2, 0) is 12.6 Å². The Labute approximate surface area is 165 Å². The van der Waals surface area contributed by atoms with Gasteiger partial charge in [-0.2, -0.15) is 13.2 Å². The summed E-state index contributed by atoms with van der Waals surface area (Å²) in [5, 5.41) is 10.4. The van der Waals surface area contributed by atoms with Crippen molar-refractivity contribution in [3.63, 3.8) is 0 Å². The lowest BCUT2D eigenvalue weighted by Gasteiger charge is -2.26. The zero-order chi connectivity index (χ0) is 20.8. The third-order valence-electron chi connectivity index (χ3n) is 5.19. The zero-order valence-electron chi connectivity index (χ0n) is 15.6. The zero-order valence-corrected chi connectivity index (χ0v) is 15.6. The molecule has 1 heterocycles. The minimum absolute atomic E-state index is 0.153. The summed E-state index contributed by atoms with van der Waals surface area (Å²) in [7, 11) is 0. The largest absolute Gasteiger partial charge is 0.478 e. The van der Waals surface area contributed by atoms with Crippen molar-refractivity contribution in [1.82, 2.24) is 4.98 Å². The van der Waals surface area contributed by atoms with Crippen molar-refractivity contribution in [3.8, 4) is 0 Å². The number of allylic oxidation sites excluding steroid dienone is 1. The fourth-order valence-corrected chi connectivity index (χ4v) is 3.99. The number of aromatic nitrogens is 1. The summed E-state index contributed by atoms with van der Waals surface area (Å²) in [6.07, 6.45) is -1.54. The SMILES string of the molecule is CC1C/C(=C\c2cccc(C(F)(F)F)c2)c2nc3ccccc3c(C(=O)O)c2C1. The van der Waals surface area contributed by atoms with Gasteiger partial charge in [0.25, 0.3) is 0 Å². The highest BCUT2D eigenvalue weighted by atomic mass is 19.4. The highest BCUT2D eigenvalue weighted by Crippen LogP contribution is 2.39. The lowest BCUT2D eigenvalue weighted by Crippen LogP contribution is -2.17. The molecule has 1 unspecified atom stereocenters. The minimum Gasteiger partial charge on any atom is -0.478 e. The normalized spacial score (nSPS) is 18.1. The molecule has 1 aliphatic carbocycles. The molecule has 0 saturated heterocycles. The number of nitrogens with zero attached hydrogens (tertiary/aromatic N) is 1. The number of carboxylic acids is 1. The Morgan fingerprint density at radius 3 is 2.62 bits per heavy atom. The number of fused-ring (bicyclic) bond motifs is 2. The minimum atomic E-state index is -4.42. The fourth-order valence-electron chi connectivity index (χ4n) is 3.99. The molecule has 0 radical (unpaired) electrons. The Balaban J connectivity index is 1.93. The van der Waals surface area contributed by atoms with Crippen LogP contribution in [0.1, 0.15) is 46.1 Å². The van der Waals surface area contributed by atoms with Crippen LogP contribution in [0.5, 0.6) is 0 Å². The number of benzene rings is 2.